The van der Waals surface area contributed by atoms with Crippen molar-refractivity contribution in [3.8, 4) is 11.3 Å². The van der Waals surface area contributed by atoms with Crippen LogP contribution in [0.1, 0.15) is 31.9 Å². The fraction of sp³-hybridized carbons (Fsp3) is 0.400. The van der Waals surface area contributed by atoms with E-state index in [9.17, 15) is 4.79 Å². The molecule has 0 aliphatic heterocycles. The summed E-state index contributed by atoms with van der Waals surface area (Å²) < 4.78 is 2.08. The number of fused-ring (bicyclic) bond motifs is 1. The Labute approximate surface area is 152 Å². The molecule has 1 saturated carbocycles. The fourth-order valence-electron chi connectivity index (χ4n) is 3.17. The summed E-state index contributed by atoms with van der Waals surface area (Å²) in [7, 11) is 0. The Bertz CT molecular complexity index is 864. The van der Waals surface area contributed by atoms with Gasteiger partial charge in [-0.25, -0.2) is 4.98 Å². The number of imidazole rings is 1. The number of thiazole rings is 1. The zero-order valence-corrected chi connectivity index (χ0v) is 15.3. The second-order valence-electron chi connectivity index (χ2n) is 6.83. The molecule has 2 aromatic heterocycles. The van der Waals surface area contributed by atoms with Crippen molar-refractivity contribution in [1.82, 2.24) is 14.3 Å². The van der Waals surface area contributed by atoms with Gasteiger partial charge in [0.05, 0.1) is 12.1 Å². The Balaban J connectivity index is 1.54. The molecule has 1 aromatic carbocycles. The van der Waals surface area contributed by atoms with E-state index in [0.717, 1.165) is 47.3 Å². The van der Waals surface area contributed by atoms with Crippen LogP contribution in [0.15, 0.2) is 41.9 Å². The van der Waals surface area contributed by atoms with Crippen LogP contribution in [0.25, 0.3) is 16.2 Å². The lowest BCUT2D eigenvalue weighted by atomic mass is 10.2. The van der Waals surface area contributed by atoms with Gasteiger partial charge in [-0.05, 0) is 25.2 Å². The molecule has 4 nitrogen and oxygen atoms in total. The van der Waals surface area contributed by atoms with Gasteiger partial charge in [-0.1, -0.05) is 37.3 Å². The van der Waals surface area contributed by atoms with Crippen LogP contribution in [0.5, 0.6) is 0 Å². The quantitative estimate of drug-likeness (QED) is 0.637. The van der Waals surface area contributed by atoms with E-state index in [2.05, 4.69) is 39.9 Å². The highest BCUT2D eigenvalue weighted by molar-refractivity contribution is 7.15. The number of carbonyl (C=O) groups excluding carboxylic acids is 1. The second kappa shape index (κ2) is 7.00. The Morgan fingerprint density at radius 2 is 2.12 bits per heavy atom. The van der Waals surface area contributed by atoms with Gasteiger partial charge in [0.1, 0.15) is 0 Å². The van der Waals surface area contributed by atoms with E-state index in [1.165, 1.54) is 12.8 Å². The van der Waals surface area contributed by atoms with Gasteiger partial charge in [-0.3, -0.25) is 9.20 Å². The summed E-state index contributed by atoms with van der Waals surface area (Å²) in [6, 6.07) is 10.2. The average molecular weight is 353 g/mol. The first kappa shape index (κ1) is 16.3. The number of carbonyl (C=O) groups is 1. The van der Waals surface area contributed by atoms with Crippen molar-refractivity contribution in [3.63, 3.8) is 0 Å². The van der Waals surface area contributed by atoms with Gasteiger partial charge in [-0.15, -0.1) is 11.3 Å². The number of hydrogen-bond acceptors (Lipinski definition) is 3. The zero-order valence-electron chi connectivity index (χ0n) is 14.5. The molecule has 3 aromatic rings. The van der Waals surface area contributed by atoms with E-state index >= 15 is 0 Å². The summed E-state index contributed by atoms with van der Waals surface area (Å²) in [5, 5.41) is 2.07. The third kappa shape index (κ3) is 3.61. The van der Waals surface area contributed by atoms with E-state index in [-0.39, 0.29) is 5.91 Å². The SMILES string of the molecule is CCCN(CC1CC1)C(=O)Cc1csc2nc(-c3ccccc3)cn12. The predicted octanol–water partition coefficient (Wildman–Crippen LogP) is 4.25. The Morgan fingerprint density at radius 1 is 1.32 bits per heavy atom. The second-order valence-corrected chi connectivity index (χ2v) is 7.67. The third-order valence-electron chi connectivity index (χ3n) is 4.71. The van der Waals surface area contributed by atoms with E-state index in [4.69, 9.17) is 4.98 Å². The van der Waals surface area contributed by atoms with Gasteiger partial charge >= 0.3 is 0 Å². The van der Waals surface area contributed by atoms with Crippen molar-refractivity contribution < 1.29 is 4.79 Å². The van der Waals surface area contributed by atoms with Crippen molar-refractivity contribution in [2.75, 3.05) is 13.1 Å². The zero-order chi connectivity index (χ0) is 17.2. The standard InChI is InChI=1S/C20H23N3OS/c1-2-10-22(12-15-8-9-15)19(24)11-17-14-25-20-21-18(13-23(17)20)16-6-4-3-5-7-16/h3-7,13-15H,2,8-12H2,1H3. The highest BCUT2D eigenvalue weighted by Crippen LogP contribution is 2.30. The van der Waals surface area contributed by atoms with Crippen molar-refractivity contribution in [3.05, 3.63) is 47.6 Å². The van der Waals surface area contributed by atoms with E-state index in [1.807, 2.05) is 18.2 Å². The first-order chi connectivity index (χ1) is 12.2. The molecule has 0 spiro atoms. The predicted molar refractivity (Wildman–Crippen MR) is 102 cm³/mol. The van der Waals surface area contributed by atoms with Crippen LogP contribution >= 0.6 is 11.3 Å². The monoisotopic (exact) mass is 353 g/mol. The van der Waals surface area contributed by atoms with Gasteiger partial charge in [0.2, 0.25) is 5.91 Å². The maximum Gasteiger partial charge on any atom is 0.228 e. The smallest absolute Gasteiger partial charge is 0.228 e. The fourth-order valence-corrected chi connectivity index (χ4v) is 4.04. The van der Waals surface area contributed by atoms with Crippen LogP contribution in [0.4, 0.5) is 0 Å². The summed E-state index contributed by atoms with van der Waals surface area (Å²) in [6.07, 6.45) is 6.07. The maximum atomic E-state index is 12.8. The number of hydrogen-bond donors (Lipinski definition) is 0. The van der Waals surface area contributed by atoms with Crippen LogP contribution in [-0.2, 0) is 11.2 Å². The van der Waals surface area contributed by atoms with Gasteiger partial charge in [0.25, 0.3) is 0 Å². The molecule has 25 heavy (non-hydrogen) atoms. The minimum Gasteiger partial charge on any atom is -0.342 e. The number of nitrogens with zero attached hydrogens (tertiary/aromatic N) is 3. The van der Waals surface area contributed by atoms with Gasteiger partial charge in [0, 0.05) is 35.9 Å². The Kier molecular flexibility index (Phi) is 4.57. The molecule has 4 rings (SSSR count). The maximum absolute atomic E-state index is 12.8. The average Bonchev–Trinajstić information content (AvgIpc) is 3.22. The molecule has 0 saturated heterocycles. The molecular formula is C20H23N3OS. The number of benzene rings is 1. The lowest BCUT2D eigenvalue weighted by Gasteiger charge is -2.21. The molecule has 1 fully saturated rings. The molecule has 0 radical (unpaired) electrons. The first-order valence-corrected chi connectivity index (χ1v) is 9.91. The van der Waals surface area contributed by atoms with E-state index < -0.39 is 0 Å². The molecule has 1 aliphatic rings. The molecule has 5 heteroatoms. The summed E-state index contributed by atoms with van der Waals surface area (Å²) in [6.45, 7) is 3.93. The summed E-state index contributed by atoms with van der Waals surface area (Å²) in [5.41, 5.74) is 3.11. The lowest BCUT2D eigenvalue weighted by Crippen LogP contribution is -2.35. The van der Waals surface area contributed by atoms with Gasteiger partial charge in [-0.2, -0.15) is 0 Å². The van der Waals surface area contributed by atoms with E-state index in [1.54, 1.807) is 11.3 Å². The summed E-state index contributed by atoms with van der Waals surface area (Å²) in [5.74, 6) is 0.972. The Morgan fingerprint density at radius 3 is 2.84 bits per heavy atom. The number of rotatable bonds is 7. The molecule has 130 valence electrons. The van der Waals surface area contributed by atoms with Crippen LogP contribution in [0.3, 0.4) is 0 Å². The molecule has 0 N–H and O–H groups in total. The minimum absolute atomic E-state index is 0.239. The normalized spacial score (nSPS) is 14.1. The largest absolute Gasteiger partial charge is 0.342 e. The lowest BCUT2D eigenvalue weighted by molar-refractivity contribution is -0.130. The van der Waals surface area contributed by atoms with Crippen LogP contribution in [-0.4, -0.2) is 33.3 Å². The molecule has 1 aliphatic carbocycles. The summed E-state index contributed by atoms with van der Waals surface area (Å²) >= 11 is 1.60. The molecule has 1 amide bonds. The minimum atomic E-state index is 0.239. The van der Waals surface area contributed by atoms with Crippen molar-refractivity contribution >= 4 is 22.2 Å². The molecule has 2 heterocycles. The molecule has 0 unspecified atom stereocenters. The van der Waals surface area contributed by atoms with Gasteiger partial charge in [0.15, 0.2) is 4.96 Å². The highest BCUT2D eigenvalue weighted by atomic mass is 32.1. The summed E-state index contributed by atoms with van der Waals surface area (Å²) in [4.78, 5) is 20.5. The molecule has 0 atom stereocenters. The number of amides is 1. The van der Waals surface area contributed by atoms with Crippen LogP contribution in [0, 0.1) is 5.92 Å². The van der Waals surface area contributed by atoms with Crippen molar-refractivity contribution in [1.29, 1.82) is 0 Å². The molecule has 0 bridgehead atoms. The van der Waals surface area contributed by atoms with Gasteiger partial charge < -0.3 is 4.90 Å². The van der Waals surface area contributed by atoms with E-state index in [0.29, 0.717) is 6.42 Å². The van der Waals surface area contributed by atoms with Crippen LogP contribution in [0.2, 0.25) is 0 Å². The molecular weight excluding hydrogens is 330 g/mol. The third-order valence-corrected chi connectivity index (χ3v) is 5.60. The van der Waals surface area contributed by atoms with Crippen molar-refractivity contribution in [2.45, 2.75) is 32.6 Å². The number of aromatic nitrogens is 2. The van der Waals surface area contributed by atoms with Crippen molar-refractivity contribution in [2.24, 2.45) is 5.92 Å². The topological polar surface area (TPSA) is 37.6 Å². The van der Waals surface area contributed by atoms with Crippen LogP contribution < -0.4 is 0 Å². The first-order valence-electron chi connectivity index (χ1n) is 9.03. The Hall–Kier alpha value is -2.14. The highest BCUT2D eigenvalue weighted by Gasteiger charge is 2.26.